The van der Waals surface area contributed by atoms with Crippen molar-refractivity contribution in [3.63, 3.8) is 0 Å². The molecule has 0 atom stereocenters. The first kappa shape index (κ1) is 27.5. The summed E-state index contributed by atoms with van der Waals surface area (Å²) in [4.78, 5) is 28.2. The smallest absolute Gasteiger partial charge is 0.251 e. The second kappa shape index (κ2) is 15.8. The summed E-state index contributed by atoms with van der Waals surface area (Å²) in [6.45, 7) is 8.48. The van der Waals surface area contributed by atoms with Crippen molar-refractivity contribution in [3.05, 3.63) is 29.8 Å². The molecule has 1 aliphatic rings. The van der Waals surface area contributed by atoms with Gasteiger partial charge in [0, 0.05) is 44.0 Å². The van der Waals surface area contributed by atoms with Crippen LogP contribution in [-0.4, -0.2) is 93.2 Å². The largest absolute Gasteiger partial charge is 0.378 e. The van der Waals surface area contributed by atoms with Gasteiger partial charge < -0.3 is 40.8 Å². The van der Waals surface area contributed by atoms with E-state index in [1.54, 1.807) is 12.1 Å². The Balaban J connectivity index is 1.53. The lowest BCUT2D eigenvalue weighted by Gasteiger charge is -2.27. The Bertz CT molecular complexity index is 909. The zero-order valence-electron chi connectivity index (χ0n) is 21.0. The predicted molar refractivity (Wildman–Crippen MR) is 139 cm³/mol. The van der Waals surface area contributed by atoms with E-state index in [1.807, 2.05) is 12.1 Å². The fourth-order valence-electron chi connectivity index (χ4n) is 3.36. The third kappa shape index (κ3) is 9.53. The monoisotopic (exact) mass is 502 g/mol. The summed E-state index contributed by atoms with van der Waals surface area (Å²) in [5.74, 6) is 1.42. The van der Waals surface area contributed by atoms with Gasteiger partial charge in [0.2, 0.25) is 17.8 Å². The molecule has 0 bridgehead atoms. The van der Waals surface area contributed by atoms with Crippen LogP contribution >= 0.6 is 0 Å². The lowest BCUT2D eigenvalue weighted by Crippen LogP contribution is -2.37. The summed E-state index contributed by atoms with van der Waals surface area (Å²) in [6, 6.07) is 7.15. The number of rotatable bonds is 16. The molecular weight excluding hydrogens is 464 g/mol. The SMILES string of the molecule is CCCCNc1nc(Nc2ccc(C(=O)NCCOCCOCCN)cc2)nc(N2CCOCC2)n1. The molecule has 0 saturated carbocycles. The van der Waals surface area contributed by atoms with E-state index < -0.39 is 0 Å². The van der Waals surface area contributed by atoms with Crippen molar-refractivity contribution in [1.82, 2.24) is 20.3 Å². The van der Waals surface area contributed by atoms with Crippen molar-refractivity contribution in [1.29, 1.82) is 0 Å². The molecule has 1 amide bonds. The van der Waals surface area contributed by atoms with E-state index in [0.29, 0.717) is 76.1 Å². The van der Waals surface area contributed by atoms with Gasteiger partial charge in [-0.2, -0.15) is 15.0 Å². The molecule has 5 N–H and O–H groups in total. The molecule has 3 rings (SSSR count). The molecule has 2 aromatic rings. The first-order valence-electron chi connectivity index (χ1n) is 12.5. The second-order valence-corrected chi connectivity index (χ2v) is 8.13. The number of hydrogen-bond acceptors (Lipinski definition) is 11. The standard InChI is InChI=1S/C24H38N8O4/c1-2-3-9-27-22-29-23(31-24(30-22)32-11-15-36-16-12-32)28-20-6-4-19(5-7-20)21(33)26-10-14-35-18-17-34-13-8-25/h4-7H,2-3,8-18,25H2,1H3,(H,26,33)(H2,27,28,29,30,31). The summed E-state index contributed by atoms with van der Waals surface area (Å²) in [5.41, 5.74) is 6.68. The third-order valence-corrected chi connectivity index (χ3v) is 5.30. The van der Waals surface area contributed by atoms with E-state index in [4.69, 9.17) is 19.9 Å². The Morgan fingerprint density at radius 1 is 1.00 bits per heavy atom. The van der Waals surface area contributed by atoms with Gasteiger partial charge in [-0.15, -0.1) is 0 Å². The number of nitrogens with one attached hydrogen (secondary N) is 3. The molecule has 198 valence electrons. The quantitative estimate of drug-likeness (QED) is 0.247. The second-order valence-electron chi connectivity index (χ2n) is 8.13. The number of aromatic nitrogens is 3. The highest BCUT2D eigenvalue weighted by Gasteiger charge is 2.17. The molecule has 0 radical (unpaired) electrons. The molecule has 1 aromatic heterocycles. The summed E-state index contributed by atoms with van der Waals surface area (Å²) < 4.78 is 16.1. The maximum atomic E-state index is 12.4. The Hall–Kier alpha value is -3.06. The van der Waals surface area contributed by atoms with Crippen LogP contribution in [0.2, 0.25) is 0 Å². The van der Waals surface area contributed by atoms with Crippen LogP contribution in [-0.2, 0) is 14.2 Å². The molecule has 1 aliphatic heterocycles. The number of anilines is 4. The van der Waals surface area contributed by atoms with E-state index in [1.165, 1.54) is 0 Å². The van der Waals surface area contributed by atoms with Crippen LogP contribution < -0.4 is 26.6 Å². The summed E-state index contributed by atoms with van der Waals surface area (Å²) in [6.07, 6.45) is 2.11. The van der Waals surface area contributed by atoms with E-state index in [-0.39, 0.29) is 5.91 Å². The summed E-state index contributed by atoms with van der Waals surface area (Å²) in [7, 11) is 0. The molecule has 1 fully saturated rings. The Morgan fingerprint density at radius 2 is 1.72 bits per heavy atom. The number of amides is 1. The van der Waals surface area contributed by atoms with Crippen molar-refractivity contribution >= 4 is 29.4 Å². The fraction of sp³-hybridized carbons (Fsp3) is 0.583. The van der Waals surface area contributed by atoms with Gasteiger partial charge in [0.1, 0.15) is 0 Å². The van der Waals surface area contributed by atoms with Crippen molar-refractivity contribution in [2.45, 2.75) is 19.8 Å². The number of hydrogen-bond donors (Lipinski definition) is 4. The van der Waals surface area contributed by atoms with E-state index >= 15 is 0 Å². The lowest BCUT2D eigenvalue weighted by molar-refractivity contribution is 0.0511. The highest BCUT2D eigenvalue weighted by Crippen LogP contribution is 2.19. The average molecular weight is 503 g/mol. The Kier molecular flexibility index (Phi) is 12.1. The van der Waals surface area contributed by atoms with Crippen LogP contribution in [0.4, 0.5) is 23.5 Å². The lowest BCUT2D eigenvalue weighted by atomic mass is 10.2. The number of unbranched alkanes of at least 4 members (excludes halogenated alkanes) is 1. The van der Waals surface area contributed by atoms with Gasteiger partial charge in [0.05, 0.1) is 39.6 Å². The zero-order valence-corrected chi connectivity index (χ0v) is 21.0. The van der Waals surface area contributed by atoms with Crippen LogP contribution in [0.3, 0.4) is 0 Å². The number of morpholine rings is 1. The Morgan fingerprint density at radius 3 is 2.44 bits per heavy atom. The van der Waals surface area contributed by atoms with Gasteiger partial charge in [-0.3, -0.25) is 4.79 Å². The molecule has 0 unspecified atom stereocenters. The minimum atomic E-state index is -0.165. The minimum Gasteiger partial charge on any atom is -0.378 e. The van der Waals surface area contributed by atoms with Crippen molar-refractivity contribution in [2.75, 3.05) is 87.9 Å². The van der Waals surface area contributed by atoms with Gasteiger partial charge in [-0.1, -0.05) is 13.3 Å². The first-order chi connectivity index (χ1) is 17.7. The molecule has 0 spiro atoms. The molecule has 2 heterocycles. The first-order valence-corrected chi connectivity index (χ1v) is 12.5. The van der Waals surface area contributed by atoms with Crippen LogP contribution in [0.15, 0.2) is 24.3 Å². The highest BCUT2D eigenvalue weighted by molar-refractivity contribution is 5.94. The van der Waals surface area contributed by atoms with Gasteiger partial charge in [-0.25, -0.2) is 0 Å². The van der Waals surface area contributed by atoms with Crippen molar-refractivity contribution in [3.8, 4) is 0 Å². The van der Waals surface area contributed by atoms with Crippen molar-refractivity contribution < 1.29 is 19.0 Å². The predicted octanol–water partition coefficient (Wildman–Crippen LogP) is 1.39. The van der Waals surface area contributed by atoms with Crippen LogP contribution in [0.1, 0.15) is 30.1 Å². The summed E-state index contributed by atoms with van der Waals surface area (Å²) >= 11 is 0. The highest BCUT2D eigenvalue weighted by atomic mass is 16.5. The molecular formula is C24H38N8O4. The average Bonchev–Trinajstić information content (AvgIpc) is 2.91. The van der Waals surface area contributed by atoms with Gasteiger partial charge in [0.15, 0.2) is 0 Å². The molecule has 1 aromatic carbocycles. The van der Waals surface area contributed by atoms with E-state index in [9.17, 15) is 4.79 Å². The van der Waals surface area contributed by atoms with Gasteiger partial charge in [-0.05, 0) is 30.7 Å². The van der Waals surface area contributed by atoms with Crippen LogP contribution in [0.25, 0.3) is 0 Å². The normalized spacial score (nSPS) is 13.4. The van der Waals surface area contributed by atoms with Crippen molar-refractivity contribution in [2.24, 2.45) is 5.73 Å². The maximum absolute atomic E-state index is 12.4. The Labute approximate surface area is 212 Å². The third-order valence-electron chi connectivity index (χ3n) is 5.30. The molecule has 1 saturated heterocycles. The van der Waals surface area contributed by atoms with Crippen LogP contribution in [0.5, 0.6) is 0 Å². The number of carbonyl (C=O) groups is 1. The number of ether oxygens (including phenoxy) is 3. The molecule has 12 heteroatoms. The van der Waals surface area contributed by atoms with E-state index in [0.717, 1.165) is 38.2 Å². The van der Waals surface area contributed by atoms with Gasteiger partial charge in [0.25, 0.3) is 5.91 Å². The number of carbonyl (C=O) groups excluding carboxylic acids is 1. The molecule has 36 heavy (non-hydrogen) atoms. The van der Waals surface area contributed by atoms with Crippen LogP contribution in [0, 0.1) is 0 Å². The maximum Gasteiger partial charge on any atom is 0.251 e. The number of benzene rings is 1. The topological polar surface area (TPSA) is 149 Å². The molecule has 12 nitrogen and oxygen atoms in total. The van der Waals surface area contributed by atoms with E-state index in [2.05, 4.69) is 42.7 Å². The fourth-order valence-corrected chi connectivity index (χ4v) is 3.36. The number of nitrogens with two attached hydrogens (primary N) is 1. The van der Waals surface area contributed by atoms with Gasteiger partial charge >= 0.3 is 0 Å². The number of nitrogens with zero attached hydrogens (tertiary/aromatic N) is 4. The minimum absolute atomic E-state index is 0.165. The summed E-state index contributed by atoms with van der Waals surface area (Å²) in [5, 5.41) is 9.35. The molecule has 0 aliphatic carbocycles. The zero-order chi connectivity index (χ0) is 25.4.